The van der Waals surface area contributed by atoms with Crippen LogP contribution in [-0.2, 0) is 27.4 Å². The lowest BCUT2D eigenvalue weighted by Gasteiger charge is -2.40. The van der Waals surface area contributed by atoms with Crippen LogP contribution < -0.4 is 16.4 Å². The zero-order valence-electron chi connectivity index (χ0n) is 15.1. The van der Waals surface area contributed by atoms with Gasteiger partial charge in [-0.15, -0.1) is 0 Å². The number of benzene rings is 1. The Morgan fingerprint density at radius 3 is 2.78 bits per heavy atom. The van der Waals surface area contributed by atoms with Crippen molar-refractivity contribution < 1.29 is 19.1 Å². The van der Waals surface area contributed by atoms with Crippen molar-refractivity contribution in [3.63, 3.8) is 0 Å². The number of carbonyl (C=O) groups excluding carboxylic acids is 3. The summed E-state index contributed by atoms with van der Waals surface area (Å²) in [7, 11) is 0. The summed E-state index contributed by atoms with van der Waals surface area (Å²) >= 11 is 0. The van der Waals surface area contributed by atoms with Gasteiger partial charge in [0.15, 0.2) is 0 Å². The Morgan fingerprint density at radius 1 is 1.30 bits per heavy atom. The number of hydrogen-bond acceptors (Lipinski definition) is 6. The summed E-state index contributed by atoms with van der Waals surface area (Å²) in [6, 6.07) is 5.20. The minimum Gasteiger partial charge on any atom is -0.380 e. The maximum Gasteiger partial charge on any atom is 0.255 e. The molecule has 8 heteroatoms. The molecule has 0 saturated carbocycles. The van der Waals surface area contributed by atoms with E-state index in [1.165, 1.54) is 0 Å². The van der Waals surface area contributed by atoms with Crippen molar-refractivity contribution >= 4 is 17.7 Å². The van der Waals surface area contributed by atoms with Crippen molar-refractivity contribution in [1.29, 1.82) is 0 Å². The van der Waals surface area contributed by atoms with Gasteiger partial charge >= 0.3 is 0 Å². The second kappa shape index (κ2) is 7.03. The summed E-state index contributed by atoms with van der Waals surface area (Å²) < 4.78 is 5.27. The largest absolute Gasteiger partial charge is 0.380 e. The van der Waals surface area contributed by atoms with Crippen molar-refractivity contribution in [2.24, 2.45) is 11.1 Å². The Hall–Kier alpha value is -2.29. The molecule has 27 heavy (non-hydrogen) atoms. The highest BCUT2D eigenvalue weighted by Gasteiger charge is 2.39. The van der Waals surface area contributed by atoms with E-state index in [2.05, 4.69) is 10.6 Å². The lowest BCUT2D eigenvalue weighted by molar-refractivity contribution is -0.136. The third kappa shape index (κ3) is 3.36. The third-order valence-corrected chi connectivity index (χ3v) is 5.67. The van der Waals surface area contributed by atoms with Gasteiger partial charge in [0.25, 0.3) is 5.91 Å². The van der Waals surface area contributed by atoms with Crippen molar-refractivity contribution in [2.45, 2.75) is 32.0 Å². The average Bonchev–Trinajstić information content (AvgIpc) is 2.93. The summed E-state index contributed by atoms with van der Waals surface area (Å²) in [5, 5.41) is 5.75. The molecule has 3 heterocycles. The summed E-state index contributed by atoms with van der Waals surface area (Å²) in [6.45, 7) is 3.85. The highest BCUT2D eigenvalue weighted by Crippen LogP contribution is 2.28. The van der Waals surface area contributed by atoms with Gasteiger partial charge in [0.2, 0.25) is 11.8 Å². The van der Waals surface area contributed by atoms with E-state index in [4.69, 9.17) is 10.5 Å². The number of ether oxygens (including phenoxy) is 1. The van der Waals surface area contributed by atoms with Crippen LogP contribution >= 0.6 is 0 Å². The van der Waals surface area contributed by atoms with Gasteiger partial charge in [-0.3, -0.25) is 19.7 Å². The minimum atomic E-state index is -0.577. The lowest BCUT2D eigenvalue weighted by atomic mass is 9.86. The van der Waals surface area contributed by atoms with Crippen LogP contribution in [-0.4, -0.2) is 55.0 Å². The number of imide groups is 1. The first kappa shape index (κ1) is 18.1. The number of fused-ring (bicyclic) bond motifs is 1. The van der Waals surface area contributed by atoms with Crippen LogP contribution in [0, 0.1) is 5.41 Å². The molecule has 1 unspecified atom stereocenters. The van der Waals surface area contributed by atoms with Crippen molar-refractivity contribution in [3.05, 3.63) is 34.9 Å². The summed E-state index contributed by atoms with van der Waals surface area (Å²) in [5.41, 5.74) is 8.50. The predicted molar refractivity (Wildman–Crippen MR) is 96.5 cm³/mol. The molecule has 144 valence electrons. The van der Waals surface area contributed by atoms with E-state index in [1.807, 2.05) is 18.2 Å². The first-order valence-electron chi connectivity index (χ1n) is 9.26. The van der Waals surface area contributed by atoms with Crippen LogP contribution in [0.2, 0.25) is 0 Å². The van der Waals surface area contributed by atoms with Crippen LogP contribution in [0.4, 0.5) is 0 Å². The molecule has 1 aromatic carbocycles. The molecular formula is C19H24N4O4. The van der Waals surface area contributed by atoms with E-state index in [0.29, 0.717) is 44.8 Å². The molecule has 0 aromatic heterocycles. The SMILES string of the molecule is NCC1(CNCc2ccc3c(c2)CN(C2CCC(=O)NC2=O)C3=O)COC1. The van der Waals surface area contributed by atoms with Crippen molar-refractivity contribution in [2.75, 3.05) is 26.3 Å². The van der Waals surface area contributed by atoms with Crippen LogP contribution in [0.3, 0.4) is 0 Å². The summed E-state index contributed by atoms with van der Waals surface area (Å²) in [4.78, 5) is 37.7. The maximum atomic E-state index is 12.7. The Morgan fingerprint density at radius 2 is 2.11 bits per heavy atom. The lowest BCUT2D eigenvalue weighted by Crippen LogP contribution is -2.54. The summed E-state index contributed by atoms with van der Waals surface area (Å²) in [5.74, 6) is -0.808. The average molecular weight is 372 g/mol. The number of nitrogens with zero attached hydrogens (tertiary/aromatic N) is 1. The Bertz CT molecular complexity index is 784. The van der Waals surface area contributed by atoms with Crippen LogP contribution in [0.15, 0.2) is 18.2 Å². The van der Waals surface area contributed by atoms with Crippen LogP contribution in [0.1, 0.15) is 34.3 Å². The van der Waals surface area contributed by atoms with Gasteiger partial charge < -0.3 is 20.7 Å². The molecule has 0 bridgehead atoms. The van der Waals surface area contributed by atoms with Gasteiger partial charge in [0.1, 0.15) is 6.04 Å². The van der Waals surface area contributed by atoms with Gasteiger partial charge in [-0.1, -0.05) is 12.1 Å². The van der Waals surface area contributed by atoms with E-state index < -0.39 is 6.04 Å². The second-order valence-corrected chi connectivity index (χ2v) is 7.69. The number of hydrogen-bond donors (Lipinski definition) is 3. The van der Waals surface area contributed by atoms with E-state index >= 15 is 0 Å². The zero-order valence-corrected chi connectivity index (χ0v) is 15.1. The zero-order chi connectivity index (χ0) is 19.0. The molecule has 4 N–H and O–H groups in total. The molecule has 0 spiro atoms. The predicted octanol–water partition coefficient (Wildman–Crippen LogP) is -0.487. The van der Waals surface area contributed by atoms with Gasteiger partial charge in [-0.25, -0.2) is 0 Å². The fourth-order valence-corrected chi connectivity index (χ4v) is 3.89. The highest BCUT2D eigenvalue weighted by atomic mass is 16.5. The normalized spacial score (nSPS) is 23.8. The monoisotopic (exact) mass is 372 g/mol. The topological polar surface area (TPSA) is 114 Å². The molecule has 0 aliphatic carbocycles. The minimum absolute atomic E-state index is 0.0370. The number of piperidine rings is 1. The third-order valence-electron chi connectivity index (χ3n) is 5.67. The quantitative estimate of drug-likeness (QED) is 0.581. The molecule has 3 amide bonds. The summed E-state index contributed by atoms with van der Waals surface area (Å²) in [6.07, 6.45) is 0.639. The molecule has 3 aliphatic heterocycles. The van der Waals surface area contributed by atoms with Crippen LogP contribution in [0.5, 0.6) is 0 Å². The van der Waals surface area contributed by atoms with Crippen LogP contribution in [0.25, 0.3) is 0 Å². The molecule has 0 radical (unpaired) electrons. The Kier molecular flexibility index (Phi) is 4.71. The van der Waals surface area contributed by atoms with Gasteiger partial charge in [0.05, 0.1) is 13.2 Å². The fourth-order valence-electron chi connectivity index (χ4n) is 3.89. The van der Waals surface area contributed by atoms with E-state index in [-0.39, 0.29) is 29.6 Å². The first-order valence-corrected chi connectivity index (χ1v) is 9.26. The molecule has 3 aliphatic rings. The Balaban J connectivity index is 1.40. The number of carbonyl (C=O) groups is 3. The molecule has 4 rings (SSSR count). The smallest absolute Gasteiger partial charge is 0.255 e. The number of nitrogens with one attached hydrogen (secondary N) is 2. The highest BCUT2D eigenvalue weighted by molar-refractivity contribution is 6.05. The fraction of sp³-hybridized carbons (Fsp3) is 0.526. The van der Waals surface area contributed by atoms with Crippen molar-refractivity contribution in [1.82, 2.24) is 15.5 Å². The molecule has 2 fully saturated rings. The van der Waals surface area contributed by atoms with E-state index in [9.17, 15) is 14.4 Å². The second-order valence-electron chi connectivity index (χ2n) is 7.69. The molecule has 1 atom stereocenters. The first-order chi connectivity index (χ1) is 13.0. The van der Waals surface area contributed by atoms with Gasteiger partial charge in [-0.2, -0.15) is 0 Å². The van der Waals surface area contributed by atoms with E-state index in [0.717, 1.165) is 17.7 Å². The van der Waals surface area contributed by atoms with Gasteiger partial charge in [-0.05, 0) is 23.6 Å². The van der Waals surface area contributed by atoms with E-state index in [1.54, 1.807) is 4.90 Å². The molecule has 2 saturated heterocycles. The Labute approximate surface area is 157 Å². The molecule has 1 aromatic rings. The maximum absolute atomic E-state index is 12.7. The number of rotatable bonds is 6. The standard InChI is InChI=1S/C19H24N4O4/c20-8-19(10-27-11-19)9-21-6-12-1-2-14-13(5-12)7-23(18(14)26)15-3-4-16(24)22-17(15)25/h1-2,5,15,21H,3-4,6-11,20H2,(H,22,24,25). The number of amides is 3. The van der Waals surface area contributed by atoms with Gasteiger partial charge in [0, 0.05) is 43.6 Å². The number of nitrogens with two attached hydrogens (primary N) is 1. The molecular weight excluding hydrogens is 348 g/mol. The molecule has 8 nitrogen and oxygen atoms in total. The van der Waals surface area contributed by atoms with Crippen molar-refractivity contribution in [3.8, 4) is 0 Å².